The summed E-state index contributed by atoms with van der Waals surface area (Å²) < 4.78 is 40.1. The largest absolute Gasteiger partial charge is 0.402 e. The van der Waals surface area contributed by atoms with Crippen LogP contribution in [0.15, 0.2) is 41.3 Å². The van der Waals surface area contributed by atoms with Gasteiger partial charge >= 0.3 is 6.18 Å². The monoisotopic (exact) mass is 311 g/mol. The molecule has 1 aromatic heterocycles. The summed E-state index contributed by atoms with van der Waals surface area (Å²) in [5, 5.41) is 8.91. The molecule has 3 nitrogen and oxygen atoms in total. The third kappa shape index (κ3) is 4.03. The molecule has 2 rings (SSSR count). The molecule has 0 fully saturated rings. The second-order valence-corrected chi connectivity index (χ2v) is 5.30. The number of nitriles is 1. The summed E-state index contributed by atoms with van der Waals surface area (Å²) in [6.45, 7) is -1.04. The molecule has 0 aliphatic carbocycles. The molecule has 2 aromatic rings. The van der Waals surface area contributed by atoms with Crippen LogP contribution in [0.25, 0.3) is 11.3 Å². The van der Waals surface area contributed by atoms with E-state index in [2.05, 4.69) is 10.8 Å². The number of nitrogens with zero attached hydrogens (tertiary/aromatic N) is 2. The van der Waals surface area contributed by atoms with E-state index in [1.54, 1.807) is 29.8 Å². The topological polar surface area (TPSA) is 40.8 Å². The molecule has 1 aromatic carbocycles. The highest BCUT2D eigenvalue weighted by Crippen LogP contribution is 2.25. The normalized spacial score (nSPS) is 11.4. The fraction of sp³-hybridized carbons (Fsp3) is 0.214. The molecule has 1 N–H and O–H groups in total. The van der Waals surface area contributed by atoms with Crippen molar-refractivity contribution in [3.05, 3.63) is 42.1 Å². The molecule has 0 atom stereocenters. The van der Waals surface area contributed by atoms with Crippen molar-refractivity contribution < 1.29 is 13.2 Å². The van der Waals surface area contributed by atoms with Gasteiger partial charge in [-0.05, 0) is 41.8 Å². The highest BCUT2D eigenvalue weighted by atomic mass is 32.2. The van der Waals surface area contributed by atoms with Crippen LogP contribution in [0.3, 0.4) is 0 Å². The summed E-state index contributed by atoms with van der Waals surface area (Å²) >= 11 is 0.936. The Balaban J connectivity index is 2.05. The van der Waals surface area contributed by atoms with Gasteiger partial charge in [0, 0.05) is 17.6 Å². The van der Waals surface area contributed by atoms with E-state index in [9.17, 15) is 13.2 Å². The number of benzene rings is 1. The zero-order valence-electron chi connectivity index (χ0n) is 11.1. The first-order chi connectivity index (χ1) is 9.90. The molecule has 0 aliphatic rings. The van der Waals surface area contributed by atoms with Gasteiger partial charge in [0.2, 0.25) is 0 Å². The molecular weight excluding hydrogens is 299 g/mol. The van der Waals surface area contributed by atoms with Gasteiger partial charge in [-0.15, -0.1) is 0 Å². The molecular formula is C14H12F3N3S. The lowest BCUT2D eigenvalue weighted by molar-refractivity contribution is -0.120. The van der Waals surface area contributed by atoms with E-state index in [-0.39, 0.29) is 0 Å². The van der Waals surface area contributed by atoms with Gasteiger partial charge in [-0.2, -0.15) is 18.4 Å². The average Bonchev–Trinajstić information content (AvgIpc) is 2.79. The Morgan fingerprint density at radius 3 is 2.38 bits per heavy atom. The minimum absolute atomic E-state index is 0.551. The second kappa shape index (κ2) is 6.24. The zero-order chi connectivity index (χ0) is 15.5. The Morgan fingerprint density at radius 1 is 1.19 bits per heavy atom. The summed E-state index contributed by atoms with van der Waals surface area (Å²) in [6, 6.07) is 12.7. The van der Waals surface area contributed by atoms with Crippen molar-refractivity contribution in [2.45, 2.75) is 11.1 Å². The number of hydrogen-bond donors (Lipinski definition) is 1. The Kier molecular flexibility index (Phi) is 4.60. The van der Waals surface area contributed by atoms with Crippen LogP contribution < -0.4 is 4.72 Å². The van der Waals surface area contributed by atoms with E-state index in [1.807, 2.05) is 18.2 Å². The van der Waals surface area contributed by atoms with Crippen molar-refractivity contribution in [2.75, 3.05) is 6.54 Å². The number of halogens is 3. The molecule has 110 valence electrons. The first-order valence-corrected chi connectivity index (χ1v) is 6.85. The van der Waals surface area contributed by atoms with Gasteiger partial charge in [0.05, 0.1) is 0 Å². The number of hydrogen-bond acceptors (Lipinski definition) is 3. The number of aromatic nitrogens is 1. The average molecular weight is 311 g/mol. The molecule has 0 radical (unpaired) electrons. The molecule has 7 heteroatoms. The van der Waals surface area contributed by atoms with Crippen molar-refractivity contribution >= 4 is 11.9 Å². The predicted molar refractivity (Wildman–Crippen MR) is 75.5 cm³/mol. The lowest BCUT2D eigenvalue weighted by atomic mass is 10.1. The van der Waals surface area contributed by atoms with Crippen molar-refractivity contribution in [3.8, 4) is 17.3 Å². The fourth-order valence-corrected chi connectivity index (χ4v) is 2.48. The zero-order valence-corrected chi connectivity index (χ0v) is 11.9. The maximum atomic E-state index is 12.0. The highest BCUT2D eigenvalue weighted by Gasteiger charge is 2.26. The van der Waals surface area contributed by atoms with E-state index in [0.717, 1.165) is 23.2 Å². The second-order valence-electron chi connectivity index (χ2n) is 4.34. The van der Waals surface area contributed by atoms with Gasteiger partial charge in [0.15, 0.2) is 0 Å². The van der Waals surface area contributed by atoms with E-state index >= 15 is 0 Å². The van der Waals surface area contributed by atoms with Crippen LogP contribution in [0.1, 0.15) is 5.69 Å². The Labute approximate surface area is 124 Å². The Bertz CT molecular complexity index is 654. The lowest BCUT2D eigenvalue weighted by Crippen LogP contribution is -2.23. The maximum absolute atomic E-state index is 12.0. The third-order valence-corrected chi connectivity index (χ3v) is 3.65. The fourth-order valence-electron chi connectivity index (χ4n) is 1.81. The number of rotatable bonds is 4. The smallest absolute Gasteiger partial charge is 0.335 e. The Hall–Kier alpha value is -1.91. The standard InChI is InChI=1S/C14H12F3N3S/c1-20-11(8-18)4-7-13(20)10-2-5-12(6-3-10)21-19-9-14(15,16)17/h2-7,19H,9H2,1H3. The molecule has 0 bridgehead atoms. The first-order valence-electron chi connectivity index (χ1n) is 6.03. The molecule has 21 heavy (non-hydrogen) atoms. The van der Waals surface area contributed by atoms with E-state index in [0.29, 0.717) is 10.6 Å². The summed E-state index contributed by atoms with van der Waals surface area (Å²) in [6.07, 6.45) is -4.22. The van der Waals surface area contributed by atoms with Crippen LogP contribution in [0.4, 0.5) is 13.2 Å². The molecule has 0 saturated carbocycles. The van der Waals surface area contributed by atoms with Crippen LogP contribution in [0.2, 0.25) is 0 Å². The van der Waals surface area contributed by atoms with Crippen molar-refractivity contribution in [3.63, 3.8) is 0 Å². The molecule has 0 saturated heterocycles. The summed E-state index contributed by atoms with van der Waals surface area (Å²) in [7, 11) is 1.79. The van der Waals surface area contributed by atoms with Gasteiger partial charge in [0.25, 0.3) is 0 Å². The number of nitrogens with one attached hydrogen (secondary N) is 1. The van der Waals surface area contributed by atoms with Crippen LogP contribution in [-0.4, -0.2) is 17.3 Å². The van der Waals surface area contributed by atoms with Crippen molar-refractivity contribution in [2.24, 2.45) is 7.05 Å². The van der Waals surface area contributed by atoms with Crippen LogP contribution >= 0.6 is 11.9 Å². The summed E-state index contributed by atoms with van der Waals surface area (Å²) in [5.41, 5.74) is 2.33. The van der Waals surface area contributed by atoms with Crippen LogP contribution in [-0.2, 0) is 7.05 Å². The highest BCUT2D eigenvalue weighted by molar-refractivity contribution is 7.97. The summed E-state index contributed by atoms with van der Waals surface area (Å²) in [5.74, 6) is 0. The maximum Gasteiger partial charge on any atom is 0.402 e. The van der Waals surface area contributed by atoms with Crippen LogP contribution in [0, 0.1) is 11.3 Å². The predicted octanol–water partition coefficient (Wildman–Crippen LogP) is 3.72. The Morgan fingerprint density at radius 2 is 1.86 bits per heavy atom. The molecule has 0 amide bonds. The lowest BCUT2D eigenvalue weighted by Gasteiger charge is -2.08. The SMILES string of the molecule is Cn1c(C#N)ccc1-c1ccc(SNCC(F)(F)F)cc1. The number of alkyl halides is 3. The van der Waals surface area contributed by atoms with Gasteiger partial charge in [-0.1, -0.05) is 12.1 Å². The minimum Gasteiger partial charge on any atom is -0.335 e. The van der Waals surface area contributed by atoms with E-state index < -0.39 is 12.7 Å². The van der Waals surface area contributed by atoms with E-state index in [4.69, 9.17) is 5.26 Å². The summed E-state index contributed by atoms with van der Waals surface area (Å²) in [4.78, 5) is 0.692. The van der Waals surface area contributed by atoms with Gasteiger partial charge in [-0.25, -0.2) is 0 Å². The van der Waals surface area contributed by atoms with E-state index in [1.165, 1.54) is 0 Å². The van der Waals surface area contributed by atoms with Gasteiger partial charge in [0.1, 0.15) is 18.3 Å². The van der Waals surface area contributed by atoms with Gasteiger partial charge < -0.3 is 4.57 Å². The quantitative estimate of drug-likeness (QED) is 0.875. The molecule has 0 spiro atoms. The molecule has 0 unspecified atom stereocenters. The first kappa shape index (κ1) is 15.5. The van der Waals surface area contributed by atoms with Gasteiger partial charge in [-0.3, -0.25) is 4.72 Å². The van der Waals surface area contributed by atoms with Crippen LogP contribution in [0.5, 0.6) is 0 Å². The third-order valence-electron chi connectivity index (χ3n) is 2.85. The minimum atomic E-state index is -4.22. The van der Waals surface area contributed by atoms with Crippen molar-refractivity contribution in [1.29, 1.82) is 5.26 Å². The molecule has 0 aliphatic heterocycles. The van der Waals surface area contributed by atoms with Crippen molar-refractivity contribution in [1.82, 2.24) is 9.29 Å². The molecule has 1 heterocycles.